The molecule has 1 rings (SSSR count). The zero-order valence-electron chi connectivity index (χ0n) is 13.6. The number of hydrogen-bond acceptors (Lipinski definition) is 3. The fourth-order valence-corrected chi connectivity index (χ4v) is 2.18. The van der Waals surface area contributed by atoms with Gasteiger partial charge < -0.3 is 15.7 Å². The smallest absolute Gasteiger partial charge is 0.326 e. The first-order valence-corrected chi connectivity index (χ1v) is 7.38. The maximum Gasteiger partial charge on any atom is 0.326 e. The van der Waals surface area contributed by atoms with Gasteiger partial charge in [0.1, 0.15) is 17.9 Å². The maximum atomic E-state index is 13.3. The summed E-state index contributed by atoms with van der Waals surface area (Å²) in [6.45, 7) is 6.53. The highest BCUT2D eigenvalue weighted by Gasteiger charge is 2.26. The van der Waals surface area contributed by atoms with E-state index in [9.17, 15) is 18.8 Å². The molecule has 0 fully saturated rings. The fraction of sp³-hybridized carbons (Fsp3) is 0.353. The largest absolute Gasteiger partial charge is 0.480 e. The van der Waals surface area contributed by atoms with Gasteiger partial charge in [-0.1, -0.05) is 17.7 Å². The van der Waals surface area contributed by atoms with Crippen LogP contribution in [0.1, 0.15) is 25.8 Å². The molecule has 0 aliphatic carbocycles. The molecule has 0 unspecified atom stereocenters. The lowest BCUT2D eigenvalue weighted by Crippen LogP contribution is -2.52. The van der Waals surface area contributed by atoms with Crippen LogP contribution >= 0.6 is 0 Å². The minimum absolute atomic E-state index is 0.0442. The van der Waals surface area contributed by atoms with Crippen molar-refractivity contribution in [2.45, 2.75) is 38.8 Å². The highest BCUT2D eigenvalue weighted by molar-refractivity contribution is 5.90. The van der Waals surface area contributed by atoms with Crippen molar-refractivity contribution in [3.8, 4) is 0 Å². The fourth-order valence-electron chi connectivity index (χ4n) is 2.18. The molecule has 0 saturated heterocycles. The quantitative estimate of drug-likeness (QED) is 0.626. The summed E-state index contributed by atoms with van der Waals surface area (Å²) in [5, 5.41) is 14.0. The van der Waals surface area contributed by atoms with Crippen molar-refractivity contribution >= 4 is 17.8 Å². The summed E-state index contributed by atoms with van der Waals surface area (Å²) >= 11 is 0. The molecule has 1 aromatic rings. The van der Waals surface area contributed by atoms with Crippen molar-refractivity contribution in [1.29, 1.82) is 0 Å². The number of carbonyl (C=O) groups excluding carboxylic acids is 2. The molecule has 6 nitrogen and oxygen atoms in total. The van der Waals surface area contributed by atoms with Crippen LogP contribution in [0.4, 0.5) is 4.39 Å². The molecule has 0 aliphatic heterocycles. The molecule has 0 aromatic heterocycles. The monoisotopic (exact) mass is 336 g/mol. The molecule has 2 amide bonds. The van der Waals surface area contributed by atoms with Crippen LogP contribution in [-0.2, 0) is 20.8 Å². The molecule has 24 heavy (non-hydrogen) atoms. The van der Waals surface area contributed by atoms with Gasteiger partial charge in [-0.05, 0) is 31.0 Å². The van der Waals surface area contributed by atoms with E-state index in [0.717, 1.165) is 0 Å². The molecule has 130 valence electrons. The average Bonchev–Trinajstić information content (AvgIpc) is 2.44. The van der Waals surface area contributed by atoms with Crippen molar-refractivity contribution in [1.82, 2.24) is 10.6 Å². The molecule has 0 heterocycles. The number of amides is 2. The number of halogens is 1. The first kappa shape index (κ1) is 19.3. The Balaban J connectivity index is 2.89. The number of hydrogen-bond donors (Lipinski definition) is 3. The minimum Gasteiger partial charge on any atom is -0.480 e. The van der Waals surface area contributed by atoms with Crippen LogP contribution < -0.4 is 10.6 Å². The molecule has 0 aliphatic rings. The maximum absolute atomic E-state index is 13.3. The van der Waals surface area contributed by atoms with Gasteiger partial charge in [0.2, 0.25) is 11.8 Å². The van der Waals surface area contributed by atoms with Crippen LogP contribution in [0.25, 0.3) is 0 Å². The Labute approximate surface area is 139 Å². The van der Waals surface area contributed by atoms with Gasteiger partial charge in [0.25, 0.3) is 0 Å². The van der Waals surface area contributed by atoms with E-state index in [-0.39, 0.29) is 12.8 Å². The highest BCUT2D eigenvalue weighted by atomic mass is 19.1. The third-order valence-electron chi connectivity index (χ3n) is 3.19. The number of nitrogens with one attached hydrogen (secondary N) is 2. The van der Waals surface area contributed by atoms with E-state index < -0.39 is 35.7 Å². The van der Waals surface area contributed by atoms with E-state index >= 15 is 0 Å². The van der Waals surface area contributed by atoms with Crippen molar-refractivity contribution in [3.63, 3.8) is 0 Å². The van der Waals surface area contributed by atoms with E-state index in [2.05, 4.69) is 17.2 Å². The van der Waals surface area contributed by atoms with Gasteiger partial charge in [-0.25, -0.2) is 9.18 Å². The van der Waals surface area contributed by atoms with E-state index in [1.165, 1.54) is 25.1 Å². The molecule has 0 saturated carbocycles. The van der Waals surface area contributed by atoms with Gasteiger partial charge in [-0.2, -0.15) is 0 Å². The van der Waals surface area contributed by atoms with E-state index in [1.54, 1.807) is 13.0 Å². The van der Waals surface area contributed by atoms with Crippen LogP contribution in [0.2, 0.25) is 0 Å². The van der Waals surface area contributed by atoms with Gasteiger partial charge in [-0.15, -0.1) is 6.58 Å². The second kappa shape index (κ2) is 8.81. The number of aliphatic carboxylic acids is 1. The topological polar surface area (TPSA) is 95.5 Å². The summed E-state index contributed by atoms with van der Waals surface area (Å²) < 4.78 is 13.3. The molecular weight excluding hydrogens is 315 g/mol. The Hall–Kier alpha value is -2.70. The number of carboxylic acids is 1. The number of carboxylic acid groups (broad SMARTS) is 1. The third kappa shape index (κ3) is 6.60. The number of carbonyl (C=O) groups is 3. The zero-order chi connectivity index (χ0) is 18.3. The summed E-state index contributed by atoms with van der Waals surface area (Å²) in [5.74, 6) is -2.75. The van der Waals surface area contributed by atoms with Gasteiger partial charge in [0, 0.05) is 13.3 Å². The molecule has 0 bridgehead atoms. The van der Waals surface area contributed by atoms with Gasteiger partial charge >= 0.3 is 5.97 Å². The SMILES string of the molecule is C=C(C)C[C@@H](NC(=O)[C@@H](Cc1cccc(F)c1)NC(C)=O)C(=O)O. The summed E-state index contributed by atoms with van der Waals surface area (Å²) in [6, 6.07) is 3.49. The predicted octanol–water partition coefficient (Wildman–Crippen LogP) is 1.41. The summed E-state index contributed by atoms with van der Waals surface area (Å²) in [4.78, 5) is 34.9. The molecule has 3 N–H and O–H groups in total. The Morgan fingerprint density at radius 2 is 1.88 bits per heavy atom. The first-order valence-electron chi connectivity index (χ1n) is 7.38. The van der Waals surface area contributed by atoms with Crippen molar-refractivity contribution < 1.29 is 23.9 Å². The van der Waals surface area contributed by atoms with Crippen LogP contribution in [0.15, 0.2) is 36.4 Å². The second-order valence-corrected chi connectivity index (χ2v) is 5.65. The normalized spacial score (nSPS) is 12.8. The Morgan fingerprint density at radius 3 is 2.38 bits per heavy atom. The molecule has 0 radical (unpaired) electrons. The van der Waals surface area contributed by atoms with Crippen LogP contribution in [-0.4, -0.2) is 35.0 Å². The third-order valence-corrected chi connectivity index (χ3v) is 3.19. The summed E-state index contributed by atoms with van der Waals surface area (Å²) in [5.41, 5.74) is 1.11. The molecule has 7 heteroatoms. The lowest BCUT2D eigenvalue weighted by atomic mass is 10.0. The van der Waals surface area contributed by atoms with E-state index in [0.29, 0.717) is 11.1 Å². The molecule has 1 aromatic carbocycles. The first-order chi connectivity index (χ1) is 11.2. The molecule has 2 atom stereocenters. The van der Waals surface area contributed by atoms with Crippen LogP contribution in [0.3, 0.4) is 0 Å². The standard InChI is InChI=1S/C17H21FN2O4/c1-10(2)7-15(17(23)24)20-16(22)14(19-11(3)21)9-12-5-4-6-13(18)8-12/h4-6,8,14-15H,1,7,9H2,2-3H3,(H,19,21)(H,20,22)(H,23,24)/t14-,15-/m1/s1. The average molecular weight is 336 g/mol. The van der Waals surface area contributed by atoms with Gasteiger partial charge in [-0.3, -0.25) is 9.59 Å². The van der Waals surface area contributed by atoms with Crippen LogP contribution in [0.5, 0.6) is 0 Å². The zero-order valence-corrected chi connectivity index (χ0v) is 13.6. The number of rotatable bonds is 8. The van der Waals surface area contributed by atoms with E-state index in [1.807, 2.05) is 0 Å². The lowest BCUT2D eigenvalue weighted by Gasteiger charge is -2.21. The van der Waals surface area contributed by atoms with Gasteiger partial charge in [0.15, 0.2) is 0 Å². The Bertz CT molecular complexity index is 645. The molecular formula is C17H21FN2O4. The summed E-state index contributed by atoms with van der Waals surface area (Å²) in [6.07, 6.45) is 0.121. The van der Waals surface area contributed by atoms with Gasteiger partial charge in [0.05, 0.1) is 0 Å². The predicted molar refractivity (Wildman–Crippen MR) is 86.7 cm³/mol. The van der Waals surface area contributed by atoms with Crippen molar-refractivity contribution in [2.75, 3.05) is 0 Å². The van der Waals surface area contributed by atoms with Crippen molar-refractivity contribution in [2.24, 2.45) is 0 Å². The second-order valence-electron chi connectivity index (χ2n) is 5.65. The van der Waals surface area contributed by atoms with Crippen LogP contribution in [0, 0.1) is 5.82 Å². The lowest BCUT2D eigenvalue weighted by molar-refractivity contribution is -0.142. The molecule has 0 spiro atoms. The number of benzene rings is 1. The Morgan fingerprint density at radius 1 is 1.21 bits per heavy atom. The Kier molecular flexibility index (Phi) is 7.10. The summed E-state index contributed by atoms with van der Waals surface area (Å²) in [7, 11) is 0. The van der Waals surface area contributed by atoms with E-state index in [4.69, 9.17) is 5.11 Å². The minimum atomic E-state index is -1.20. The van der Waals surface area contributed by atoms with Crippen molar-refractivity contribution in [3.05, 3.63) is 47.8 Å². The highest BCUT2D eigenvalue weighted by Crippen LogP contribution is 2.08.